The number of rotatable bonds is 7. The highest BCUT2D eigenvalue weighted by Crippen LogP contribution is 2.35. The summed E-state index contributed by atoms with van der Waals surface area (Å²) in [6, 6.07) is 15.6. The molecule has 5 aromatic rings. The Hall–Kier alpha value is -4.50. The lowest BCUT2D eigenvalue weighted by Crippen LogP contribution is -2.16. The predicted octanol–water partition coefficient (Wildman–Crippen LogP) is 7.11. The van der Waals surface area contributed by atoms with Gasteiger partial charge in [-0.05, 0) is 50.1 Å². The van der Waals surface area contributed by atoms with Gasteiger partial charge in [-0.1, -0.05) is 19.9 Å². The van der Waals surface area contributed by atoms with E-state index in [1.54, 1.807) is 18.5 Å². The van der Waals surface area contributed by atoms with Gasteiger partial charge in [0, 0.05) is 72.7 Å². The summed E-state index contributed by atoms with van der Waals surface area (Å²) in [6.45, 7) is 7.63. The number of nitrogens with two attached hydrogens (primary N) is 1. The van der Waals surface area contributed by atoms with Gasteiger partial charge in [0.15, 0.2) is 0 Å². The van der Waals surface area contributed by atoms with Crippen LogP contribution < -0.4 is 15.2 Å². The average Bonchev–Trinajstić information content (AvgIpc) is 3.40. The molecule has 8 nitrogen and oxygen atoms in total. The molecule has 0 spiro atoms. The number of anilines is 1. The topological polar surface area (TPSA) is 96.8 Å². The maximum absolute atomic E-state index is 14.3. The number of hydrogen-bond donors (Lipinski definition) is 1. The zero-order chi connectivity index (χ0) is 28.8. The van der Waals surface area contributed by atoms with Gasteiger partial charge >= 0.3 is 0 Å². The molecule has 0 amide bonds. The number of aryl methyl sites for hydroxylation is 1. The lowest BCUT2D eigenvalue weighted by Gasteiger charge is -2.20. The van der Waals surface area contributed by atoms with Gasteiger partial charge < -0.3 is 19.9 Å². The van der Waals surface area contributed by atoms with Gasteiger partial charge in [0.2, 0.25) is 0 Å². The molecule has 0 radical (unpaired) electrons. The van der Waals surface area contributed by atoms with Crippen LogP contribution in [0.3, 0.4) is 0 Å². The average molecular weight is 556 g/mol. The lowest BCUT2D eigenvalue weighted by atomic mass is 10.00. The molecule has 2 N–H and O–H groups in total. The molecule has 3 aromatic heterocycles. The first kappa shape index (κ1) is 28.0. The fraction of sp³-hybridized carbons (Fsp3) is 0.281. The van der Waals surface area contributed by atoms with E-state index in [0.29, 0.717) is 23.1 Å². The van der Waals surface area contributed by atoms with E-state index in [1.165, 1.54) is 12.1 Å². The molecule has 0 bridgehead atoms. The Kier molecular flexibility index (Phi) is 8.74. The van der Waals surface area contributed by atoms with E-state index >= 15 is 0 Å². The molecule has 41 heavy (non-hydrogen) atoms. The van der Waals surface area contributed by atoms with Gasteiger partial charge in [-0.3, -0.25) is 9.38 Å². The number of hydrogen-bond acceptors (Lipinski definition) is 7. The lowest BCUT2D eigenvalue weighted by molar-refractivity contribution is 0.0835. The molecule has 2 aromatic carbocycles. The molecule has 0 saturated carbocycles. The number of aromatic nitrogens is 4. The third-order valence-electron chi connectivity index (χ3n) is 6.78. The van der Waals surface area contributed by atoms with Gasteiger partial charge in [0.1, 0.15) is 52.5 Å². The van der Waals surface area contributed by atoms with E-state index in [1.807, 2.05) is 67.8 Å². The maximum atomic E-state index is 14.3. The molecule has 1 fully saturated rings. The minimum atomic E-state index is -0.450. The molecule has 9 heteroatoms. The minimum Gasteiger partial charge on any atom is -0.489 e. The monoisotopic (exact) mass is 555 g/mol. The zero-order valence-corrected chi connectivity index (χ0v) is 23.5. The third kappa shape index (κ3) is 6.47. The van der Waals surface area contributed by atoms with E-state index in [0.717, 1.165) is 59.9 Å². The highest BCUT2D eigenvalue weighted by Gasteiger charge is 2.24. The van der Waals surface area contributed by atoms with Crippen LogP contribution in [0.1, 0.15) is 49.7 Å². The van der Waals surface area contributed by atoms with Crippen molar-refractivity contribution in [3.8, 4) is 28.5 Å². The molecular weight excluding hydrogens is 521 g/mol. The number of fused-ring (bicyclic) bond motifs is 1. The van der Waals surface area contributed by atoms with E-state index in [2.05, 4.69) is 9.97 Å². The first-order chi connectivity index (χ1) is 20.0. The van der Waals surface area contributed by atoms with Crippen LogP contribution in [-0.4, -0.2) is 32.6 Å². The second-order valence-corrected chi connectivity index (χ2v) is 9.58. The van der Waals surface area contributed by atoms with E-state index in [9.17, 15) is 4.39 Å². The van der Waals surface area contributed by atoms with Crippen molar-refractivity contribution in [2.45, 2.75) is 46.1 Å². The smallest absolute Gasteiger partial charge is 0.150 e. The summed E-state index contributed by atoms with van der Waals surface area (Å²) in [7, 11) is 0. The molecule has 1 aliphatic heterocycles. The minimum absolute atomic E-state index is 0.275. The molecule has 4 heterocycles. The number of nitrogen functional groups attached to an aromatic ring is 1. The summed E-state index contributed by atoms with van der Waals surface area (Å²) in [5.41, 5.74) is 10.5. The Morgan fingerprint density at radius 2 is 1.73 bits per heavy atom. The first-order valence-electron chi connectivity index (χ1n) is 13.9. The maximum Gasteiger partial charge on any atom is 0.150 e. The molecular formula is C32H34FN5O3. The molecule has 0 atom stereocenters. The Labute approximate surface area is 239 Å². The SMILES string of the molecule is CC.Cc1ccc(COc2cc(F)cc(Oc3ccc(-c4nc(C5CCOCC5)n5ccnc(N)c45)cc3)c2)cn1. The number of halogens is 1. The fourth-order valence-electron chi connectivity index (χ4n) is 4.78. The van der Waals surface area contributed by atoms with Gasteiger partial charge in [-0.2, -0.15) is 0 Å². The predicted molar refractivity (Wildman–Crippen MR) is 157 cm³/mol. The van der Waals surface area contributed by atoms with Crippen molar-refractivity contribution in [3.05, 3.63) is 96.1 Å². The van der Waals surface area contributed by atoms with E-state index in [-0.39, 0.29) is 12.5 Å². The number of benzene rings is 2. The third-order valence-corrected chi connectivity index (χ3v) is 6.78. The summed E-state index contributed by atoms with van der Waals surface area (Å²) >= 11 is 0. The summed E-state index contributed by atoms with van der Waals surface area (Å²) in [6.07, 6.45) is 7.17. The summed E-state index contributed by atoms with van der Waals surface area (Å²) < 4.78 is 33.6. The Balaban J connectivity index is 0.00000165. The normalized spacial score (nSPS) is 13.5. The van der Waals surface area contributed by atoms with Crippen LogP contribution in [0.4, 0.5) is 10.2 Å². The zero-order valence-electron chi connectivity index (χ0n) is 23.5. The van der Waals surface area contributed by atoms with E-state index < -0.39 is 5.82 Å². The largest absolute Gasteiger partial charge is 0.489 e. The number of imidazole rings is 1. The highest BCUT2D eigenvalue weighted by molar-refractivity contribution is 5.85. The Morgan fingerprint density at radius 3 is 2.46 bits per heavy atom. The van der Waals surface area contributed by atoms with Crippen molar-refractivity contribution in [2.24, 2.45) is 0 Å². The molecule has 6 rings (SSSR count). The van der Waals surface area contributed by atoms with Crippen LogP contribution in [0.5, 0.6) is 17.2 Å². The Bertz CT molecular complexity index is 1600. The van der Waals surface area contributed by atoms with Gasteiger partial charge in [0.25, 0.3) is 0 Å². The van der Waals surface area contributed by atoms with Crippen molar-refractivity contribution in [3.63, 3.8) is 0 Å². The number of nitrogens with zero attached hydrogens (tertiary/aromatic N) is 4. The molecule has 1 aliphatic rings. The summed E-state index contributed by atoms with van der Waals surface area (Å²) in [4.78, 5) is 13.6. The number of pyridine rings is 1. The van der Waals surface area contributed by atoms with Crippen LogP contribution >= 0.6 is 0 Å². The molecule has 0 aliphatic carbocycles. The second kappa shape index (κ2) is 12.8. The highest BCUT2D eigenvalue weighted by atomic mass is 19.1. The van der Waals surface area contributed by atoms with Crippen LogP contribution in [0.2, 0.25) is 0 Å². The first-order valence-corrected chi connectivity index (χ1v) is 13.9. The van der Waals surface area contributed by atoms with Crippen LogP contribution in [-0.2, 0) is 11.3 Å². The summed E-state index contributed by atoms with van der Waals surface area (Å²) in [5.74, 6) is 2.49. The quantitative estimate of drug-likeness (QED) is 0.228. The van der Waals surface area contributed by atoms with Gasteiger partial charge in [-0.25, -0.2) is 14.4 Å². The molecule has 1 saturated heterocycles. The van der Waals surface area contributed by atoms with Crippen molar-refractivity contribution < 1.29 is 18.6 Å². The van der Waals surface area contributed by atoms with Gasteiger partial charge in [0.05, 0.1) is 0 Å². The van der Waals surface area contributed by atoms with Crippen molar-refractivity contribution in [2.75, 3.05) is 18.9 Å². The van der Waals surface area contributed by atoms with Crippen LogP contribution in [0.15, 0.2) is 73.2 Å². The second-order valence-electron chi connectivity index (χ2n) is 9.58. The molecule has 0 unspecified atom stereocenters. The molecule has 212 valence electrons. The fourth-order valence-corrected chi connectivity index (χ4v) is 4.78. The van der Waals surface area contributed by atoms with Crippen molar-refractivity contribution in [1.82, 2.24) is 19.4 Å². The Morgan fingerprint density at radius 1 is 0.976 bits per heavy atom. The standard InChI is InChI=1S/C30H28FN5O3.C2H6/c1-19-2-3-20(17-34-19)18-38-25-14-23(31)15-26(16-25)39-24-6-4-21(5-7-24)27-28-29(32)33-10-11-36(28)30(35-27)22-8-12-37-13-9-22;1-2/h2-7,10-11,14-17,22H,8-9,12-13,18H2,1H3,(H2,32,33);1-2H3. The van der Waals surface area contributed by atoms with Crippen LogP contribution in [0, 0.1) is 12.7 Å². The number of ether oxygens (including phenoxy) is 3. The van der Waals surface area contributed by atoms with Crippen molar-refractivity contribution in [1.29, 1.82) is 0 Å². The van der Waals surface area contributed by atoms with Crippen LogP contribution in [0.25, 0.3) is 16.8 Å². The van der Waals surface area contributed by atoms with E-state index in [4.69, 9.17) is 24.9 Å². The van der Waals surface area contributed by atoms with Crippen molar-refractivity contribution >= 4 is 11.3 Å². The van der Waals surface area contributed by atoms with Gasteiger partial charge in [-0.15, -0.1) is 0 Å². The summed E-state index contributed by atoms with van der Waals surface area (Å²) in [5, 5.41) is 0.